The first-order valence-corrected chi connectivity index (χ1v) is 4.80. The molecule has 14 heavy (non-hydrogen) atoms. The molecule has 0 radical (unpaired) electrons. The summed E-state index contributed by atoms with van der Waals surface area (Å²) in [4.78, 5) is 3.98. The van der Waals surface area contributed by atoms with Crippen LogP contribution in [0.5, 0.6) is 0 Å². The molecular formula is C9H8FN3S. The summed E-state index contributed by atoms with van der Waals surface area (Å²) in [6, 6.07) is 7.59. The number of amidine groups is 1. The lowest BCUT2D eigenvalue weighted by molar-refractivity contribution is 0.628. The van der Waals surface area contributed by atoms with Crippen LogP contribution >= 0.6 is 11.8 Å². The SMILES string of the molecule is N#CCSC(N)=Nc1ccc(F)cc1. The van der Waals surface area contributed by atoms with Gasteiger partial charge in [0.2, 0.25) is 0 Å². The number of nitrogens with zero attached hydrogens (tertiary/aromatic N) is 2. The molecule has 0 fully saturated rings. The van der Waals surface area contributed by atoms with Crippen molar-refractivity contribution in [3.8, 4) is 6.07 Å². The number of hydrogen-bond donors (Lipinski definition) is 1. The van der Waals surface area contributed by atoms with Crippen LogP contribution in [0.1, 0.15) is 0 Å². The van der Waals surface area contributed by atoms with E-state index in [1.54, 1.807) is 0 Å². The van der Waals surface area contributed by atoms with Gasteiger partial charge in [0.25, 0.3) is 0 Å². The van der Waals surface area contributed by atoms with Gasteiger partial charge in [-0.25, -0.2) is 9.38 Å². The molecule has 0 saturated heterocycles. The first-order valence-electron chi connectivity index (χ1n) is 3.82. The molecular weight excluding hydrogens is 201 g/mol. The van der Waals surface area contributed by atoms with E-state index in [9.17, 15) is 4.39 Å². The number of thioether (sulfide) groups is 1. The maximum absolute atomic E-state index is 12.5. The molecule has 0 spiro atoms. The van der Waals surface area contributed by atoms with E-state index in [4.69, 9.17) is 11.0 Å². The van der Waals surface area contributed by atoms with Gasteiger partial charge in [-0.15, -0.1) is 0 Å². The van der Waals surface area contributed by atoms with Gasteiger partial charge < -0.3 is 5.73 Å². The molecule has 0 aliphatic carbocycles. The molecule has 0 amide bonds. The minimum Gasteiger partial charge on any atom is -0.378 e. The largest absolute Gasteiger partial charge is 0.378 e. The van der Waals surface area contributed by atoms with E-state index in [0.29, 0.717) is 10.9 Å². The average Bonchev–Trinajstić information content (AvgIpc) is 2.18. The number of nitriles is 1. The lowest BCUT2D eigenvalue weighted by Gasteiger charge is -1.96. The van der Waals surface area contributed by atoms with Gasteiger partial charge in [0.15, 0.2) is 5.17 Å². The van der Waals surface area contributed by atoms with Crippen LogP contribution in [0.2, 0.25) is 0 Å². The number of benzene rings is 1. The summed E-state index contributed by atoms with van der Waals surface area (Å²) in [5.74, 6) is -0.0523. The van der Waals surface area contributed by atoms with Crippen molar-refractivity contribution in [1.29, 1.82) is 5.26 Å². The second-order valence-electron chi connectivity index (χ2n) is 2.37. The van der Waals surface area contributed by atoms with Crippen LogP contribution in [0.3, 0.4) is 0 Å². The van der Waals surface area contributed by atoms with Crippen molar-refractivity contribution in [2.24, 2.45) is 10.7 Å². The maximum Gasteiger partial charge on any atom is 0.160 e. The van der Waals surface area contributed by atoms with Crippen molar-refractivity contribution in [3.05, 3.63) is 30.1 Å². The van der Waals surface area contributed by atoms with Crippen LogP contribution in [-0.4, -0.2) is 10.9 Å². The van der Waals surface area contributed by atoms with Gasteiger partial charge in [0.05, 0.1) is 17.5 Å². The molecule has 72 valence electrons. The standard InChI is InChI=1S/C9H8FN3S/c10-7-1-3-8(4-2-7)13-9(12)14-6-5-11/h1-4H,6H2,(H2,12,13). The summed E-state index contributed by atoms with van der Waals surface area (Å²) in [5, 5.41) is 8.59. The molecule has 0 bridgehead atoms. The van der Waals surface area contributed by atoms with Crippen molar-refractivity contribution in [2.45, 2.75) is 0 Å². The Morgan fingerprint density at radius 3 is 2.71 bits per heavy atom. The summed E-state index contributed by atoms with van der Waals surface area (Å²) in [7, 11) is 0. The van der Waals surface area contributed by atoms with Crippen LogP contribution in [-0.2, 0) is 0 Å². The fourth-order valence-corrected chi connectivity index (χ4v) is 1.16. The van der Waals surface area contributed by atoms with Crippen molar-refractivity contribution in [1.82, 2.24) is 0 Å². The van der Waals surface area contributed by atoms with E-state index < -0.39 is 0 Å². The Morgan fingerprint density at radius 1 is 1.50 bits per heavy atom. The zero-order valence-electron chi connectivity index (χ0n) is 7.27. The van der Waals surface area contributed by atoms with E-state index in [-0.39, 0.29) is 11.6 Å². The molecule has 0 aliphatic heterocycles. The Kier molecular flexibility index (Phi) is 3.95. The highest BCUT2D eigenvalue weighted by atomic mass is 32.2. The molecule has 0 aromatic heterocycles. The summed E-state index contributed by atoms with van der Waals surface area (Å²) in [6.45, 7) is 0. The summed E-state index contributed by atoms with van der Waals surface area (Å²) < 4.78 is 12.5. The number of aliphatic imine (C=N–C) groups is 1. The number of nitrogens with two attached hydrogens (primary N) is 1. The van der Waals surface area contributed by atoms with Crippen LogP contribution in [0.25, 0.3) is 0 Å². The van der Waals surface area contributed by atoms with Crippen LogP contribution in [0.15, 0.2) is 29.3 Å². The molecule has 1 aromatic carbocycles. The maximum atomic E-state index is 12.5. The Bertz CT molecular complexity index is 367. The minimum absolute atomic E-state index is 0.260. The Morgan fingerprint density at radius 2 is 2.14 bits per heavy atom. The van der Waals surface area contributed by atoms with Gasteiger partial charge in [-0.05, 0) is 24.3 Å². The molecule has 1 rings (SSSR count). The van der Waals surface area contributed by atoms with Crippen molar-refractivity contribution in [2.75, 3.05) is 5.75 Å². The third kappa shape index (κ3) is 3.46. The number of halogens is 1. The third-order valence-electron chi connectivity index (χ3n) is 1.35. The Labute approximate surface area is 85.4 Å². The predicted molar refractivity (Wildman–Crippen MR) is 55.8 cm³/mol. The molecule has 0 saturated carbocycles. The van der Waals surface area contributed by atoms with E-state index in [0.717, 1.165) is 11.8 Å². The van der Waals surface area contributed by atoms with Gasteiger partial charge in [-0.2, -0.15) is 5.26 Å². The van der Waals surface area contributed by atoms with Crippen LogP contribution in [0, 0.1) is 17.1 Å². The smallest absolute Gasteiger partial charge is 0.160 e. The summed E-state index contributed by atoms with van der Waals surface area (Å²) in [5.41, 5.74) is 6.08. The highest BCUT2D eigenvalue weighted by Crippen LogP contribution is 2.14. The van der Waals surface area contributed by atoms with Crippen molar-refractivity contribution < 1.29 is 4.39 Å². The van der Waals surface area contributed by atoms with Crippen molar-refractivity contribution in [3.63, 3.8) is 0 Å². The molecule has 0 atom stereocenters. The lowest BCUT2D eigenvalue weighted by Crippen LogP contribution is -2.05. The zero-order chi connectivity index (χ0) is 10.4. The predicted octanol–water partition coefficient (Wildman–Crippen LogP) is 2.03. The highest BCUT2D eigenvalue weighted by Gasteiger charge is 1.94. The Hall–Kier alpha value is -1.54. The lowest BCUT2D eigenvalue weighted by atomic mass is 10.3. The normalized spacial score (nSPS) is 11.0. The molecule has 0 heterocycles. The molecule has 1 aromatic rings. The first-order chi connectivity index (χ1) is 6.72. The number of hydrogen-bond acceptors (Lipinski definition) is 3. The van der Waals surface area contributed by atoms with Gasteiger partial charge in [-0.1, -0.05) is 11.8 Å². The van der Waals surface area contributed by atoms with Gasteiger partial charge >= 0.3 is 0 Å². The zero-order valence-corrected chi connectivity index (χ0v) is 8.09. The van der Waals surface area contributed by atoms with Gasteiger partial charge in [0.1, 0.15) is 5.82 Å². The highest BCUT2D eigenvalue weighted by molar-refractivity contribution is 8.13. The van der Waals surface area contributed by atoms with E-state index in [1.165, 1.54) is 24.3 Å². The monoisotopic (exact) mass is 209 g/mol. The van der Waals surface area contributed by atoms with E-state index in [1.807, 2.05) is 6.07 Å². The Balaban J connectivity index is 2.67. The van der Waals surface area contributed by atoms with E-state index in [2.05, 4.69) is 4.99 Å². The van der Waals surface area contributed by atoms with Gasteiger partial charge in [-0.3, -0.25) is 0 Å². The fourth-order valence-electron chi connectivity index (χ4n) is 0.781. The van der Waals surface area contributed by atoms with Crippen LogP contribution < -0.4 is 5.73 Å². The summed E-state index contributed by atoms with van der Waals surface area (Å²) in [6.07, 6.45) is 0. The van der Waals surface area contributed by atoms with Crippen LogP contribution in [0.4, 0.5) is 10.1 Å². The second-order valence-corrected chi connectivity index (χ2v) is 3.37. The average molecular weight is 209 g/mol. The number of rotatable bonds is 2. The second kappa shape index (κ2) is 5.25. The van der Waals surface area contributed by atoms with Gasteiger partial charge in [0, 0.05) is 0 Å². The quantitative estimate of drug-likeness (QED) is 0.598. The molecule has 3 nitrogen and oxygen atoms in total. The fraction of sp³-hybridized carbons (Fsp3) is 0.111. The third-order valence-corrected chi connectivity index (χ3v) is 2.01. The minimum atomic E-state index is -0.313. The first kappa shape index (κ1) is 10.5. The summed E-state index contributed by atoms with van der Waals surface area (Å²) >= 11 is 1.15. The van der Waals surface area contributed by atoms with E-state index >= 15 is 0 Å². The molecule has 0 unspecified atom stereocenters. The molecule has 2 N–H and O–H groups in total. The molecule has 0 aliphatic rings. The topological polar surface area (TPSA) is 62.2 Å². The molecule has 5 heteroatoms. The van der Waals surface area contributed by atoms with Crippen molar-refractivity contribution >= 4 is 22.6 Å².